The van der Waals surface area contributed by atoms with Gasteiger partial charge in [0.15, 0.2) is 5.54 Å². The van der Waals surface area contributed by atoms with Gasteiger partial charge in [-0.1, -0.05) is 18.2 Å². The van der Waals surface area contributed by atoms with Crippen LogP contribution in [0, 0.1) is 11.3 Å². The third-order valence-electron chi connectivity index (χ3n) is 2.17. The maximum atomic E-state index is 11.2. The second-order valence-electron chi connectivity index (χ2n) is 3.88. The molecular formula is C13H13ClN2O2. The lowest BCUT2D eigenvalue weighted by molar-refractivity contribution is -0.117. The van der Waals surface area contributed by atoms with Crippen molar-refractivity contribution in [2.24, 2.45) is 0 Å². The fourth-order valence-corrected chi connectivity index (χ4v) is 1.30. The molecule has 94 valence electrons. The van der Waals surface area contributed by atoms with Crippen LogP contribution in [0.25, 0.3) is 0 Å². The lowest BCUT2D eigenvalue weighted by atomic mass is 10.1. The number of ether oxygens (including phenoxy) is 1. The summed E-state index contributed by atoms with van der Waals surface area (Å²) in [5, 5.41) is 12.2. The molecule has 0 radical (unpaired) electrons. The van der Waals surface area contributed by atoms with Gasteiger partial charge in [-0.3, -0.25) is 4.79 Å². The molecule has 0 aliphatic rings. The van der Waals surface area contributed by atoms with Crippen LogP contribution in [-0.4, -0.2) is 18.1 Å². The van der Waals surface area contributed by atoms with Crippen LogP contribution in [0.1, 0.15) is 6.92 Å². The van der Waals surface area contributed by atoms with E-state index in [1.54, 1.807) is 31.2 Å². The summed E-state index contributed by atoms with van der Waals surface area (Å²) in [4.78, 5) is 11.2. The van der Waals surface area contributed by atoms with Crippen LogP contribution < -0.4 is 10.1 Å². The number of rotatable bonds is 5. The molecule has 1 rings (SSSR count). The number of carbonyl (C=O) groups excluding carboxylic acids is 1. The minimum absolute atomic E-state index is 0.0325. The summed E-state index contributed by atoms with van der Waals surface area (Å²) in [7, 11) is 0. The topological polar surface area (TPSA) is 62.1 Å². The first kappa shape index (κ1) is 14.1. The van der Waals surface area contributed by atoms with E-state index in [-0.39, 0.29) is 6.61 Å². The molecule has 0 aliphatic carbocycles. The summed E-state index contributed by atoms with van der Waals surface area (Å²) >= 11 is 5.74. The van der Waals surface area contributed by atoms with Gasteiger partial charge in [-0.05, 0) is 37.3 Å². The average molecular weight is 265 g/mol. The van der Waals surface area contributed by atoms with Crippen molar-refractivity contribution in [1.29, 1.82) is 5.26 Å². The summed E-state index contributed by atoms with van der Waals surface area (Å²) in [6.07, 6.45) is 1.11. The third kappa shape index (κ3) is 4.11. The lowest BCUT2D eigenvalue weighted by Gasteiger charge is -2.22. The van der Waals surface area contributed by atoms with E-state index in [1.165, 1.54) is 0 Å². The Labute approximate surface area is 111 Å². The van der Waals surface area contributed by atoms with Gasteiger partial charge in [0.2, 0.25) is 5.91 Å². The Hall–Kier alpha value is -1.99. The molecule has 0 saturated heterocycles. The van der Waals surface area contributed by atoms with Crippen LogP contribution in [0.5, 0.6) is 5.75 Å². The number of amides is 1. The molecule has 1 N–H and O–H groups in total. The molecule has 0 fully saturated rings. The number of hydrogen-bond acceptors (Lipinski definition) is 3. The van der Waals surface area contributed by atoms with Crippen LogP contribution >= 0.6 is 11.6 Å². The third-order valence-corrected chi connectivity index (χ3v) is 2.42. The van der Waals surface area contributed by atoms with Gasteiger partial charge in [-0.25, -0.2) is 0 Å². The van der Waals surface area contributed by atoms with Gasteiger partial charge in [0.1, 0.15) is 12.4 Å². The molecule has 0 saturated carbocycles. The van der Waals surface area contributed by atoms with Gasteiger partial charge in [-0.2, -0.15) is 5.26 Å². The summed E-state index contributed by atoms with van der Waals surface area (Å²) in [6, 6.07) is 8.74. The molecule has 4 nitrogen and oxygen atoms in total. The Morgan fingerprint density at radius 2 is 2.22 bits per heavy atom. The summed E-state index contributed by atoms with van der Waals surface area (Å²) in [5.74, 6) is 0.160. The Kier molecular flexibility index (Phi) is 4.75. The van der Waals surface area contributed by atoms with Crippen molar-refractivity contribution in [1.82, 2.24) is 5.32 Å². The Morgan fingerprint density at radius 1 is 1.61 bits per heavy atom. The molecule has 0 spiro atoms. The highest BCUT2D eigenvalue weighted by molar-refractivity contribution is 6.30. The molecular weight excluding hydrogens is 252 g/mol. The first-order chi connectivity index (χ1) is 8.49. The van der Waals surface area contributed by atoms with Crippen molar-refractivity contribution in [3.63, 3.8) is 0 Å². The van der Waals surface area contributed by atoms with Crippen molar-refractivity contribution in [3.8, 4) is 11.8 Å². The van der Waals surface area contributed by atoms with Crippen molar-refractivity contribution >= 4 is 17.5 Å². The van der Waals surface area contributed by atoms with Crippen LogP contribution in [0.15, 0.2) is 36.9 Å². The van der Waals surface area contributed by atoms with Crippen molar-refractivity contribution in [3.05, 3.63) is 41.9 Å². The molecule has 1 atom stereocenters. The Balaban J connectivity index is 2.64. The largest absolute Gasteiger partial charge is 0.490 e. The van der Waals surface area contributed by atoms with E-state index < -0.39 is 11.4 Å². The van der Waals surface area contributed by atoms with Crippen molar-refractivity contribution < 1.29 is 9.53 Å². The van der Waals surface area contributed by atoms with Gasteiger partial charge in [0.05, 0.1) is 6.07 Å². The number of nitrogens with zero attached hydrogens (tertiary/aromatic N) is 1. The first-order valence-corrected chi connectivity index (χ1v) is 5.61. The lowest BCUT2D eigenvalue weighted by Crippen LogP contribution is -2.48. The van der Waals surface area contributed by atoms with Gasteiger partial charge >= 0.3 is 0 Å². The number of halogens is 1. The van der Waals surface area contributed by atoms with E-state index in [9.17, 15) is 4.79 Å². The van der Waals surface area contributed by atoms with Crippen LogP contribution in [-0.2, 0) is 4.79 Å². The van der Waals surface area contributed by atoms with Crippen LogP contribution in [0.3, 0.4) is 0 Å². The van der Waals surface area contributed by atoms with Gasteiger partial charge in [0.25, 0.3) is 0 Å². The Bertz CT molecular complexity index is 479. The number of nitriles is 1. The number of carbonyl (C=O) groups is 1. The minimum atomic E-state index is -1.11. The summed E-state index contributed by atoms with van der Waals surface area (Å²) < 4.78 is 5.43. The van der Waals surface area contributed by atoms with E-state index >= 15 is 0 Å². The molecule has 0 heterocycles. The van der Waals surface area contributed by atoms with Crippen molar-refractivity contribution in [2.75, 3.05) is 6.61 Å². The first-order valence-electron chi connectivity index (χ1n) is 5.23. The molecule has 0 aliphatic heterocycles. The Morgan fingerprint density at radius 3 is 2.72 bits per heavy atom. The quantitative estimate of drug-likeness (QED) is 0.830. The average Bonchev–Trinajstić information content (AvgIpc) is 2.38. The van der Waals surface area contributed by atoms with E-state index in [0.29, 0.717) is 10.8 Å². The van der Waals surface area contributed by atoms with Crippen molar-refractivity contribution in [2.45, 2.75) is 12.5 Å². The number of benzene rings is 1. The number of hydrogen-bond donors (Lipinski definition) is 1. The van der Waals surface area contributed by atoms with Crippen LogP contribution in [0.4, 0.5) is 0 Å². The summed E-state index contributed by atoms with van der Waals surface area (Å²) in [5.41, 5.74) is -1.11. The fourth-order valence-electron chi connectivity index (χ4n) is 1.18. The zero-order chi connectivity index (χ0) is 13.6. The van der Waals surface area contributed by atoms with Gasteiger partial charge in [0, 0.05) is 5.02 Å². The molecule has 0 bridgehead atoms. The van der Waals surface area contributed by atoms with Crippen LogP contribution in [0.2, 0.25) is 5.02 Å². The zero-order valence-electron chi connectivity index (χ0n) is 9.94. The highest BCUT2D eigenvalue weighted by Crippen LogP contribution is 2.16. The van der Waals surface area contributed by atoms with E-state index in [4.69, 9.17) is 21.6 Å². The standard InChI is InChI=1S/C13H13ClN2O2/c1-3-12(17)16-13(2,8-15)9-18-11-6-4-10(14)5-7-11/h3-7H,1,9H2,2H3,(H,16,17). The predicted octanol–water partition coefficient (Wildman–Crippen LogP) is 2.30. The van der Waals surface area contributed by atoms with E-state index in [2.05, 4.69) is 11.9 Å². The second kappa shape index (κ2) is 6.08. The van der Waals surface area contributed by atoms with Gasteiger partial charge in [-0.15, -0.1) is 0 Å². The molecule has 0 aromatic heterocycles. The molecule has 18 heavy (non-hydrogen) atoms. The normalized spacial score (nSPS) is 12.9. The molecule has 1 unspecified atom stereocenters. The highest BCUT2D eigenvalue weighted by atomic mass is 35.5. The molecule has 1 amide bonds. The second-order valence-corrected chi connectivity index (χ2v) is 4.32. The predicted molar refractivity (Wildman–Crippen MR) is 69.3 cm³/mol. The fraction of sp³-hybridized carbons (Fsp3) is 0.231. The summed E-state index contributed by atoms with van der Waals surface area (Å²) in [6.45, 7) is 4.94. The highest BCUT2D eigenvalue weighted by Gasteiger charge is 2.26. The molecule has 1 aromatic rings. The monoisotopic (exact) mass is 264 g/mol. The smallest absolute Gasteiger partial charge is 0.244 e. The van der Waals surface area contributed by atoms with Gasteiger partial charge < -0.3 is 10.1 Å². The molecule has 1 aromatic carbocycles. The minimum Gasteiger partial charge on any atom is -0.490 e. The zero-order valence-corrected chi connectivity index (χ0v) is 10.7. The SMILES string of the molecule is C=CC(=O)NC(C)(C#N)COc1ccc(Cl)cc1. The maximum Gasteiger partial charge on any atom is 0.244 e. The number of nitrogens with one attached hydrogen (secondary N) is 1. The maximum absolute atomic E-state index is 11.2. The van der Waals surface area contributed by atoms with E-state index in [0.717, 1.165) is 6.08 Å². The van der Waals surface area contributed by atoms with E-state index in [1.807, 2.05) is 6.07 Å². The molecule has 5 heteroatoms.